The zero-order valence-corrected chi connectivity index (χ0v) is 36.4. The van der Waals surface area contributed by atoms with Crippen LogP contribution in [0.5, 0.6) is 40.2 Å². The summed E-state index contributed by atoms with van der Waals surface area (Å²) in [5.41, 5.74) is 3.18. The van der Waals surface area contributed by atoms with Gasteiger partial charge in [-0.1, -0.05) is 6.07 Å². The number of aryl methyl sites for hydroxylation is 1. The number of phenols is 1. The monoisotopic (exact) mass is 861 g/mol. The van der Waals surface area contributed by atoms with E-state index in [4.69, 9.17) is 37.9 Å². The maximum absolute atomic E-state index is 14.9. The summed E-state index contributed by atoms with van der Waals surface area (Å²) < 4.78 is 48.3. The second kappa shape index (κ2) is 14.9. The number of aromatic hydroxyl groups is 1. The van der Waals surface area contributed by atoms with Crippen molar-refractivity contribution in [1.29, 1.82) is 0 Å². The van der Waals surface area contributed by atoms with E-state index in [0.29, 0.717) is 70.2 Å². The van der Waals surface area contributed by atoms with Gasteiger partial charge in [0.1, 0.15) is 24.2 Å². The van der Waals surface area contributed by atoms with E-state index in [1.807, 2.05) is 31.9 Å². The summed E-state index contributed by atoms with van der Waals surface area (Å²) in [5.74, 6) is 0.861. The number of thioether (sulfide) groups is 1. The Hall–Kier alpha value is -4.94. The lowest BCUT2D eigenvalue weighted by atomic mass is 9.73. The molecule has 4 bridgehead atoms. The third-order valence-electron chi connectivity index (χ3n) is 12.8. The van der Waals surface area contributed by atoms with Crippen molar-refractivity contribution in [3.8, 4) is 40.2 Å². The molecule has 7 atom stereocenters. The van der Waals surface area contributed by atoms with Gasteiger partial charge in [0.25, 0.3) is 0 Å². The van der Waals surface area contributed by atoms with Gasteiger partial charge in [0, 0.05) is 47.5 Å². The summed E-state index contributed by atoms with van der Waals surface area (Å²) in [6.07, 6.45) is -1.10. The van der Waals surface area contributed by atoms with Crippen molar-refractivity contribution < 1.29 is 62.5 Å². The fourth-order valence-corrected chi connectivity index (χ4v) is 12.1. The Balaban J connectivity index is 1.31. The minimum absolute atomic E-state index is 0.0415. The van der Waals surface area contributed by atoms with Crippen molar-refractivity contribution in [1.82, 2.24) is 15.1 Å². The highest BCUT2D eigenvalue weighted by Crippen LogP contribution is 2.64. The van der Waals surface area contributed by atoms with Gasteiger partial charge in [0.15, 0.2) is 40.0 Å². The molecular weight excluding hydrogens is 811 g/mol. The molecule has 3 aromatic rings. The first-order chi connectivity index (χ1) is 29.0. The van der Waals surface area contributed by atoms with Crippen LogP contribution in [0.3, 0.4) is 0 Å². The van der Waals surface area contributed by atoms with E-state index in [9.17, 15) is 24.6 Å². The van der Waals surface area contributed by atoms with Crippen LogP contribution in [0.25, 0.3) is 0 Å². The lowest BCUT2D eigenvalue weighted by Crippen LogP contribution is -2.70. The lowest BCUT2D eigenvalue weighted by Gasteiger charge is -2.62. The molecule has 2 fully saturated rings. The number of fused-ring (bicyclic) bond motifs is 9. The highest BCUT2D eigenvalue weighted by atomic mass is 32.2. The molecule has 16 nitrogen and oxygen atoms in total. The standard InChI is InChI=1S/C44H51N3O13S/c1-19-12-23-13-25-40(50)47-26-16-55-41(51)44(24-15-28(53-8)27(49)14-22(24)10-11-45-44)17-61-39(31-30(26)37-36(56-18-57-37)20(2)35(31)58-21(3)48)33(47)32(46(25)7)29(23)38(34(19)54-9)59-42(52)60-43(4,5)6/h12,14-15,25-26,32-33,39-40,45,49-50H,10-11,13,16-18H2,1-9H3/t25-,26-,32+,33?,39-,40+,44-/m1/s1. The van der Waals surface area contributed by atoms with Crippen LogP contribution in [0, 0.1) is 13.8 Å². The first-order valence-corrected chi connectivity index (χ1v) is 21.4. The van der Waals surface area contributed by atoms with Crippen molar-refractivity contribution >= 4 is 29.9 Å². The highest BCUT2D eigenvalue weighted by Gasteiger charge is 2.61. The number of carbonyl (C=O) groups excluding carboxylic acids is 3. The number of nitrogens with one attached hydrogen (secondary N) is 1. The molecule has 2 saturated heterocycles. The van der Waals surface area contributed by atoms with Crippen LogP contribution < -0.4 is 33.7 Å². The molecule has 326 valence electrons. The maximum atomic E-state index is 14.9. The van der Waals surface area contributed by atoms with Crippen molar-refractivity contribution in [3.63, 3.8) is 0 Å². The Kier molecular flexibility index (Phi) is 10.1. The molecule has 7 heterocycles. The van der Waals surface area contributed by atoms with Gasteiger partial charge < -0.3 is 48.1 Å². The lowest BCUT2D eigenvalue weighted by molar-refractivity contribution is -0.186. The van der Waals surface area contributed by atoms with Crippen LogP contribution in [0.4, 0.5) is 4.79 Å². The zero-order valence-electron chi connectivity index (χ0n) is 35.6. The average Bonchev–Trinajstić information content (AvgIpc) is 3.69. The first-order valence-electron chi connectivity index (χ1n) is 20.4. The van der Waals surface area contributed by atoms with Crippen LogP contribution in [-0.2, 0) is 37.4 Å². The molecule has 7 aliphatic rings. The van der Waals surface area contributed by atoms with Crippen LogP contribution >= 0.6 is 11.8 Å². The molecule has 0 aromatic heterocycles. The summed E-state index contributed by atoms with van der Waals surface area (Å²) in [7, 11) is 4.92. The van der Waals surface area contributed by atoms with E-state index in [-0.39, 0.29) is 36.4 Å². The molecule has 0 saturated carbocycles. The smallest absolute Gasteiger partial charge is 0.504 e. The number of methoxy groups -OCH3 is 2. The van der Waals surface area contributed by atoms with Gasteiger partial charge in [-0.2, -0.15) is 0 Å². The molecule has 3 aromatic carbocycles. The molecule has 61 heavy (non-hydrogen) atoms. The van der Waals surface area contributed by atoms with Crippen molar-refractivity contribution in [2.24, 2.45) is 0 Å². The maximum Gasteiger partial charge on any atom is 0.514 e. The number of ether oxygens (including phenoxy) is 8. The van der Waals surface area contributed by atoms with Gasteiger partial charge in [-0.3, -0.25) is 19.9 Å². The Morgan fingerprint density at radius 1 is 0.967 bits per heavy atom. The number of piperazine rings is 1. The molecule has 17 heteroatoms. The second-order valence-electron chi connectivity index (χ2n) is 17.5. The summed E-state index contributed by atoms with van der Waals surface area (Å²) in [4.78, 5) is 45.6. The number of aliphatic hydroxyl groups excluding tert-OH is 1. The van der Waals surface area contributed by atoms with Gasteiger partial charge in [0.2, 0.25) is 6.79 Å². The zero-order chi connectivity index (χ0) is 43.4. The van der Waals surface area contributed by atoms with E-state index in [1.165, 1.54) is 32.9 Å². The molecule has 0 radical (unpaired) electrons. The number of benzene rings is 3. The van der Waals surface area contributed by atoms with Gasteiger partial charge >= 0.3 is 18.1 Å². The van der Waals surface area contributed by atoms with Crippen LogP contribution in [0.2, 0.25) is 0 Å². The number of rotatable bonds is 4. The van der Waals surface area contributed by atoms with Crippen molar-refractivity contribution in [2.45, 2.75) is 101 Å². The summed E-state index contributed by atoms with van der Waals surface area (Å²) in [6, 6.07) is 2.76. The summed E-state index contributed by atoms with van der Waals surface area (Å²) in [5, 5.41) is 26.4. The Labute approximate surface area is 357 Å². The van der Waals surface area contributed by atoms with Crippen LogP contribution in [0.1, 0.15) is 89.5 Å². The SMILES string of the molecule is COc1cc2c(cc1O)CCN[C@]21CS[C@@H]2c3c(OC(C)=O)c(C)c4c(c3[C@@H](COC1=O)N1C2[C@@H]2c3c(cc(C)c(OC)c3OC(=O)OC(C)(C)C)C[C@H]([C@@H]1O)N2C)OCO4. The summed E-state index contributed by atoms with van der Waals surface area (Å²) in [6.45, 7) is 10.4. The van der Waals surface area contributed by atoms with Gasteiger partial charge in [-0.05, 0) is 88.9 Å². The molecule has 10 rings (SSSR count). The van der Waals surface area contributed by atoms with Gasteiger partial charge in [-0.25, -0.2) is 9.59 Å². The number of nitrogens with zero attached hydrogens (tertiary/aromatic N) is 2. The number of hydrogen-bond donors (Lipinski definition) is 3. The Bertz CT molecular complexity index is 2370. The van der Waals surface area contributed by atoms with E-state index >= 15 is 0 Å². The van der Waals surface area contributed by atoms with Crippen molar-refractivity contribution in [2.75, 3.05) is 47.0 Å². The average molecular weight is 862 g/mol. The molecule has 0 amide bonds. The molecule has 3 N–H and O–H groups in total. The Morgan fingerprint density at radius 3 is 2.43 bits per heavy atom. The molecule has 1 spiro atoms. The molecular formula is C44H51N3O13S. The third-order valence-corrected chi connectivity index (χ3v) is 14.3. The normalized spacial score (nSPS) is 27.5. The van der Waals surface area contributed by atoms with E-state index in [1.54, 1.807) is 32.9 Å². The fourth-order valence-electron chi connectivity index (χ4n) is 10.4. The van der Waals surface area contributed by atoms with Gasteiger partial charge in [0.05, 0.1) is 37.6 Å². The van der Waals surface area contributed by atoms with Crippen LogP contribution in [0.15, 0.2) is 18.2 Å². The van der Waals surface area contributed by atoms with Gasteiger partial charge in [-0.15, -0.1) is 11.8 Å². The van der Waals surface area contributed by atoms with Crippen LogP contribution in [-0.4, -0.2) is 109 Å². The highest BCUT2D eigenvalue weighted by molar-refractivity contribution is 7.99. The largest absolute Gasteiger partial charge is 0.514 e. The van der Waals surface area contributed by atoms with E-state index < -0.39 is 64.9 Å². The minimum Gasteiger partial charge on any atom is -0.504 e. The number of hydrogen-bond acceptors (Lipinski definition) is 17. The Morgan fingerprint density at radius 2 is 1.72 bits per heavy atom. The topological polar surface area (TPSA) is 184 Å². The number of phenolic OH excluding ortho intramolecular Hbond substituents is 1. The van der Waals surface area contributed by atoms with E-state index in [0.717, 1.165) is 16.7 Å². The number of likely N-dealkylation sites (N-methyl/N-ethyl adjacent to an activating group) is 1. The fraction of sp³-hybridized carbons (Fsp3) is 0.523. The first kappa shape index (κ1) is 41.4. The second-order valence-corrected chi connectivity index (χ2v) is 18.6. The minimum atomic E-state index is -1.41. The summed E-state index contributed by atoms with van der Waals surface area (Å²) >= 11 is 1.44. The quantitative estimate of drug-likeness (QED) is 0.180. The number of carbonyl (C=O) groups is 3. The van der Waals surface area contributed by atoms with E-state index in [2.05, 4.69) is 10.2 Å². The number of aliphatic hydroxyl groups is 1. The third kappa shape index (κ3) is 6.36. The number of esters is 2. The predicted molar refractivity (Wildman–Crippen MR) is 220 cm³/mol. The predicted octanol–water partition coefficient (Wildman–Crippen LogP) is 5.02. The molecule has 0 aliphatic carbocycles. The van der Waals surface area contributed by atoms with Crippen molar-refractivity contribution in [3.05, 3.63) is 62.7 Å². The molecule has 1 unspecified atom stereocenters. The molecule has 7 aliphatic heterocycles.